The molecule has 3 rings (SSSR count). The van der Waals surface area contributed by atoms with E-state index in [1.165, 1.54) is 19.3 Å². The fourth-order valence-corrected chi connectivity index (χ4v) is 4.34. The Kier molecular flexibility index (Phi) is 3.04. The molecule has 3 aliphatic carbocycles. The average Bonchev–Trinajstić information content (AvgIpc) is 2.73. The van der Waals surface area contributed by atoms with Crippen molar-refractivity contribution in [2.24, 2.45) is 23.7 Å². The van der Waals surface area contributed by atoms with Crippen molar-refractivity contribution in [3.8, 4) is 0 Å². The van der Waals surface area contributed by atoms with E-state index >= 15 is 0 Å². The fraction of sp³-hybridized carbons (Fsp3) is 0.857. The van der Waals surface area contributed by atoms with Crippen LogP contribution in [0.4, 0.5) is 0 Å². The Morgan fingerprint density at radius 3 is 2.28 bits per heavy atom. The Bertz CT molecular complexity index is 352. The quantitative estimate of drug-likeness (QED) is 0.707. The topological polar surface area (TPSA) is 66.4 Å². The van der Waals surface area contributed by atoms with E-state index in [1.54, 1.807) is 0 Å². The minimum Gasteiger partial charge on any atom is -0.481 e. The molecule has 4 unspecified atom stereocenters. The third-order valence-corrected chi connectivity index (χ3v) is 5.11. The van der Waals surface area contributed by atoms with E-state index in [0.29, 0.717) is 25.3 Å². The molecular formula is C14H21NO3. The zero-order chi connectivity index (χ0) is 12.7. The molecule has 0 aliphatic heterocycles. The van der Waals surface area contributed by atoms with Crippen LogP contribution in [-0.2, 0) is 9.59 Å². The molecular weight excluding hydrogens is 230 g/mol. The summed E-state index contributed by atoms with van der Waals surface area (Å²) in [6.07, 6.45) is 6.09. The second-order valence-corrected chi connectivity index (χ2v) is 6.18. The number of nitrogens with one attached hydrogen (secondary N) is 1. The highest BCUT2D eigenvalue weighted by Crippen LogP contribution is 2.65. The number of carbonyl (C=O) groups excluding carboxylic acids is 1. The lowest BCUT2D eigenvalue weighted by molar-refractivity contribution is -0.137. The molecule has 4 atom stereocenters. The maximum absolute atomic E-state index is 11.7. The lowest BCUT2D eigenvalue weighted by Gasteiger charge is -2.10. The third kappa shape index (κ3) is 2.13. The smallest absolute Gasteiger partial charge is 0.303 e. The predicted molar refractivity (Wildman–Crippen MR) is 65.8 cm³/mol. The maximum atomic E-state index is 11.7. The van der Waals surface area contributed by atoms with Crippen molar-refractivity contribution in [2.75, 3.05) is 0 Å². The van der Waals surface area contributed by atoms with Crippen LogP contribution in [0.3, 0.4) is 0 Å². The van der Waals surface area contributed by atoms with Crippen molar-refractivity contribution in [3.63, 3.8) is 0 Å². The number of hydrogen-bond donors (Lipinski definition) is 2. The molecule has 0 radical (unpaired) electrons. The number of fused-ring (bicyclic) bond motifs is 5. The van der Waals surface area contributed by atoms with Crippen LogP contribution in [0.25, 0.3) is 0 Å². The van der Waals surface area contributed by atoms with Gasteiger partial charge in [0.1, 0.15) is 0 Å². The molecule has 0 aromatic rings. The van der Waals surface area contributed by atoms with Crippen LogP contribution in [0.15, 0.2) is 0 Å². The Balaban J connectivity index is 1.35. The summed E-state index contributed by atoms with van der Waals surface area (Å²) in [6.45, 7) is 0. The largest absolute Gasteiger partial charge is 0.481 e. The molecule has 2 N–H and O–H groups in total. The van der Waals surface area contributed by atoms with E-state index in [1.807, 2.05) is 0 Å². The van der Waals surface area contributed by atoms with Crippen LogP contribution < -0.4 is 5.32 Å². The molecule has 0 aromatic heterocycles. The van der Waals surface area contributed by atoms with Gasteiger partial charge in [-0.3, -0.25) is 9.59 Å². The normalized spacial score (nSPS) is 39.4. The highest BCUT2D eigenvalue weighted by Gasteiger charge is 2.65. The van der Waals surface area contributed by atoms with Gasteiger partial charge in [-0.25, -0.2) is 0 Å². The molecule has 3 fully saturated rings. The molecule has 0 aromatic carbocycles. The van der Waals surface area contributed by atoms with Crippen LogP contribution >= 0.6 is 0 Å². The Morgan fingerprint density at radius 2 is 1.67 bits per heavy atom. The lowest BCUT2D eigenvalue weighted by Crippen LogP contribution is -2.29. The predicted octanol–water partition coefficient (Wildman–Crippen LogP) is 1.79. The zero-order valence-electron chi connectivity index (χ0n) is 10.6. The van der Waals surface area contributed by atoms with E-state index in [4.69, 9.17) is 5.11 Å². The number of unbranched alkanes of at least 4 members (excludes halogenated alkanes) is 1. The summed E-state index contributed by atoms with van der Waals surface area (Å²) in [4.78, 5) is 22.1. The van der Waals surface area contributed by atoms with E-state index in [-0.39, 0.29) is 12.3 Å². The van der Waals surface area contributed by atoms with Gasteiger partial charge in [0.25, 0.3) is 0 Å². The Morgan fingerprint density at radius 1 is 1.06 bits per heavy atom. The minimum absolute atomic E-state index is 0.124. The standard InChI is InChI=1S/C14H21NO3/c16-10(3-1-2-4-11(17)18)15-14-12-8-5-6-9(7-8)13(12)14/h8-9,12-14H,1-7H2,(H,15,16)(H,17,18). The molecule has 3 saturated carbocycles. The number of aliphatic carboxylic acids is 1. The summed E-state index contributed by atoms with van der Waals surface area (Å²) in [5, 5.41) is 11.7. The average molecular weight is 251 g/mol. The SMILES string of the molecule is O=C(O)CCCCC(=O)NC1C2C3CCC(C3)C12. The van der Waals surface area contributed by atoms with Crippen molar-refractivity contribution in [1.29, 1.82) is 0 Å². The summed E-state index contributed by atoms with van der Waals surface area (Å²) < 4.78 is 0. The van der Waals surface area contributed by atoms with Gasteiger partial charge in [-0.05, 0) is 55.8 Å². The molecule has 1 amide bonds. The van der Waals surface area contributed by atoms with Crippen molar-refractivity contribution < 1.29 is 14.7 Å². The van der Waals surface area contributed by atoms with Crippen LogP contribution in [0, 0.1) is 23.7 Å². The number of carbonyl (C=O) groups is 2. The van der Waals surface area contributed by atoms with Crippen LogP contribution in [-0.4, -0.2) is 23.0 Å². The first-order valence-electron chi connectivity index (χ1n) is 7.18. The molecule has 3 aliphatic rings. The number of amides is 1. The molecule has 0 heterocycles. The Hall–Kier alpha value is -1.06. The highest BCUT2D eigenvalue weighted by molar-refractivity contribution is 5.77. The van der Waals surface area contributed by atoms with Crippen LogP contribution in [0.5, 0.6) is 0 Å². The number of carboxylic acid groups (broad SMARTS) is 1. The Labute approximate surface area is 107 Å². The first kappa shape index (κ1) is 12.0. The molecule has 2 bridgehead atoms. The molecule has 100 valence electrons. The van der Waals surface area contributed by atoms with Gasteiger partial charge in [-0.1, -0.05) is 0 Å². The van der Waals surface area contributed by atoms with E-state index in [9.17, 15) is 9.59 Å². The third-order valence-electron chi connectivity index (χ3n) is 5.11. The number of carboxylic acids is 1. The summed E-state index contributed by atoms with van der Waals surface area (Å²) in [7, 11) is 0. The maximum Gasteiger partial charge on any atom is 0.303 e. The number of hydrogen-bond acceptors (Lipinski definition) is 2. The summed E-state index contributed by atoms with van der Waals surface area (Å²) in [6, 6.07) is 0.461. The monoisotopic (exact) mass is 251 g/mol. The molecule has 0 spiro atoms. The lowest BCUT2D eigenvalue weighted by atomic mass is 10.0. The zero-order valence-corrected chi connectivity index (χ0v) is 10.6. The summed E-state index contributed by atoms with van der Waals surface area (Å²) >= 11 is 0. The second kappa shape index (κ2) is 4.56. The number of rotatable bonds is 6. The van der Waals surface area contributed by atoms with Gasteiger partial charge in [0, 0.05) is 18.9 Å². The van der Waals surface area contributed by atoms with Gasteiger partial charge in [-0.15, -0.1) is 0 Å². The highest BCUT2D eigenvalue weighted by atomic mass is 16.4. The fourth-order valence-electron chi connectivity index (χ4n) is 4.34. The van der Waals surface area contributed by atoms with Crippen LogP contribution in [0.2, 0.25) is 0 Å². The van der Waals surface area contributed by atoms with E-state index < -0.39 is 5.97 Å². The molecule has 4 nitrogen and oxygen atoms in total. The summed E-state index contributed by atoms with van der Waals surface area (Å²) in [5.41, 5.74) is 0. The van der Waals surface area contributed by atoms with Gasteiger partial charge in [-0.2, -0.15) is 0 Å². The first-order valence-corrected chi connectivity index (χ1v) is 7.18. The van der Waals surface area contributed by atoms with Gasteiger partial charge in [0.05, 0.1) is 0 Å². The van der Waals surface area contributed by atoms with Crippen LogP contribution in [0.1, 0.15) is 44.9 Å². The van der Waals surface area contributed by atoms with Crippen molar-refractivity contribution in [1.82, 2.24) is 5.32 Å². The molecule has 0 saturated heterocycles. The van der Waals surface area contributed by atoms with Gasteiger partial charge >= 0.3 is 5.97 Å². The van der Waals surface area contributed by atoms with E-state index in [0.717, 1.165) is 23.7 Å². The van der Waals surface area contributed by atoms with Crippen molar-refractivity contribution in [2.45, 2.75) is 51.0 Å². The molecule has 4 heteroatoms. The van der Waals surface area contributed by atoms with Gasteiger partial charge in [0.15, 0.2) is 0 Å². The first-order chi connectivity index (χ1) is 8.66. The van der Waals surface area contributed by atoms with Gasteiger partial charge < -0.3 is 10.4 Å². The van der Waals surface area contributed by atoms with Gasteiger partial charge in [0.2, 0.25) is 5.91 Å². The second-order valence-electron chi connectivity index (χ2n) is 6.18. The van der Waals surface area contributed by atoms with Crippen molar-refractivity contribution >= 4 is 11.9 Å². The van der Waals surface area contributed by atoms with E-state index in [2.05, 4.69) is 5.32 Å². The summed E-state index contributed by atoms with van der Waals surface area (Å²) in [5.74, 6) is 2.69. The molecule has 18 heavy (non-hydrogen) atoms. The minimum atomic E-state index is -0.774. The van der Waals surface area contributed by atoms with Crippen molar-refractivity contribution in [3.05, 3.63) is 0 Å².